The molecule has 1 aromatic carbocycles. The summed E-state index contributed by atoms with van der Waals surface area (Å²) in [4.78, 5) is 39.6. The lowest BCUT2D eigenvalue weighted by molar-refractivity contribution is -0.146. The number of nitrogens with one attached hydrogen (secondary N) is 2. The van der Waals surface area contributed by atoms with Gasteiger partial charge in [0.1, 0.15) is 12.3 Å². The fourth-order valence-electron chi connectivity index (χ4n) is 2.06. The van der Waals surface area contributed by atoms with Gasteiger partial charge in [-0.15, -0.1) is 0 Å². The molecule has 148 valence electrons. The van der Waals surface area contributed by atoms with E-state index in [0.717, 1.165) is 0 Å². The average Bonchev–Trinajstić information content (AvgIpc) is 2.67. The highest BCUT2D eigenvalue weighted by atomic mass is 35.5. The number of aromatic nitrogens is 1. The molecular weight excluding hydrogens is 409 g/mol. The van der Waals surface area contributed by atoms with Crippen LogP contribution in [0.2, 0.25) is 10.0 Å². The van der Waals surface area contributed by atoms with Gasteiger partial charge in [0.25, 0.3) is 11.8 Å². The lowest BCUT2D eigenvalue weighted by Crippen LogP contribution is -2.32. The first kappa shape index (κ1) is 21.5. The van der Waals surface area contributed by atoms with Crippen LogP contribution < -0.4 is 15.4 Å². The monoisotopic (exact) mass is 425 g/mol. The van der Waals surface area contributed by atoms with E-state index in [1.807, 2.05) is 0 Å². The Balaban J connectivity index is 1.79. The zero-order chi connectivity index (χ0) is 20.5. The van der Waals surface area contributed by atoms with Gasteiger partial charge in [-0.1, -0.05) is 35.3 Å². The molecular formula is C18H17Cl2N3O5. The highest BCUT2D eigenvalue weighted by molar-refractivity contribution is 6.36. The summed E-state index contributed by atoms with van der Waals surface area (Å²) < 4.78 is 10.2. The Morgan fingerprint density at radius 3 is 2.64 bits per heavy atom. The largest absolute Gasteiger partial charge is 0.493 e. The normalized spacial score (nSPS) is 10.1. The SMILES string of the molecule is CCOc1ccccc1C(=O)NCC(=O)OCC(=O)Nc1ncc(Cl)cc1Cl. The number of anilines is 1. The predicted octanol–water partition coefficient (Wildman–Crippen LogP) is 2.70. The molecule has 0 atom stereocenters. The van der Waals surface area contributed by atoms with Gasteiger partial charge in [-0.25, -0.2) is 4.98 Å². The second kappa shape index (κ2) is 10.5. The van der Waals surface area contributed by atoms with Crippen molar-refractivity contribution in [1.82, 2.24) is 10.3 Å². The highest BCUT2D eigenvalue weighted by Gasteiger charge is 2.15. The number of para-hydroxylation sites is 1. The number of carbonyl (C=O) groups is 3. The van der Waals surface area contributed by atoms with Crippen LogP contribution in [-0.4, -0.2) is 42.5 Å². The number of hydrogen-bond acceptors (Lipinski definition) is 6. The summed E-state index contributed by atoms with van der Waals surface area (Å²) in [5.74, 6) is -1.43. The molecule has 0 bridgehead atoms. The highest BCUT2D eigenvalue weighted by Crippen LogP contribution is 2.22. The van der Waals surface area contributed by atoms with Gasteiger partial charge in [-0.05, 0) is 25.1 Å². The number of benzene rings is 1. The van der Waals surface area contributed by atoms with Crippen LogP contribution in [0.15, 0.2) is 36.5 Å². The minimum Gasteiger partial charge on any atom is -0.493 e. The maximum Gasteiger partial charge on any atom is 0.325 e. The molecule has 2 N–H and O–H groups in total. The molecule has 8 nitrogen and oxygen atoms in total. The van der Waals surface area contributed by atoms with E-state index >= 15 is 0 Å². The van der Waals surface area contributed by atoms with Crippen molar-refractivity contribution in [1.29, 1.82) is 0 Å². The maximum atomic E-state index is 12.2. The molecule has 28 heavy (non-hydrogen) atoms. The molecule has 0 unspecified atom stereocenters. The van der Waals surface area contributed by atoms with Gasteiger partial charge >= 0.3 is 5.97 Å². The Bertz CT molecular complexity index is 876. The summed E-state index contributed by atoms with van der Waals surface area (Å²) in [7, 11) is 0. The molecule has 0 aliphatic rings. The fourth-order valence-corrected chi connectivity index (χ4v) is 2.48. The minimum absolute atomic E-state index is 0.0907. The van der Waals surface area contributed by atoms with E-state index in [4.69, 9.17) is 32.7 Å². The van der Waals surface area contributed by atoms with Gasteiger partial charge in [-0.2, -0.15) is 0 Å². The summed E-state index contributed by atoms with van der Waals surface area (Å²) in [5.41, 5.74) is 0.290. The summed E-state index contributed by atoms with van der Waals surface area (Å²) in [6.45, 7) is 1.22. The Morgan fingerprint density at radius 2 is 1.93 bits per heavy atom. The first-order chi connectivity index (χ1) is 13.4. The first-order valence-corrected chi connectivity index (χ1v) is 8.92. The van der Waals surface area contributed by atoms with Crippen molar-refractivity contribution in [2.45, 2.75) is 6.92 Å². The number of halogens is 2. The van der Waals surface area contributed by atoms with Crippen molar-refractivity contribution >= 4 is 46.8 Å². The van der Waals surface area contributed by atoms with Crippen LogP contribution in [0.25, 0.3) is 0 Å². The summed E-state index contributed by atoms with van der Waals surface area (Å²) in [5, 5.41) is 5.26. The molecule has 0 saturated heterocycles. The van der Waals surface area contributed by atoms with Crippen molar-refractivity contribution in [3.63, 3.8) is 0 Å². The first-order valence-electron chi connectivity index (χ1n) is 8.17. The maximum absolute atomic E-state index is 12.2. The van der Waals surface area contributed by atoms with Gasteiger partial charge in [-0.3, -0.25) is 14.4 Å². The van der Waals surface area contributed by atoms with E-state index in [2.05, 4.69) is 15.6 Å². The van der Waals surface area contributed by atoms with Gasteiger partial charge in [0.2, 0.25) is 0 Å². The van der Waals surface area contributed by atoms with Gasteiger partial charge in [0.15, 0.2) is 12.4 Å². The molecule has 0 aliphatic carbocycles. The van der Waals surface area contributed by atoms with Gasteiger partial charge in [0, 0.05) is 6.20 Å². The number of amides is 2. The summed E-state index contributed by atoms with van der Waals surface area (Å²) >= 11 is 11.6. The third-order valence-corrected chi connectivity index (χ3v) is 3.75. The van der Waals surface area contributed by atoms with Crippen LogP contribution in [0.4, 0.5) is 5.82 Å². The quantitative estimate of drug-likeness (QED) is 0.629. The van der Waals surface area contributed by atoms with E-state index in [9.17, 15) is 14.4 Å². The van der Waals surface area contributed by atoms with E-state index in [-0.39, 0.29) is 10.8 Å². The Labute approximate surface area is 171 Å². The molecule has 10 heteroatoms. The number of nitrogens with zero attached hydrogens (tertiary/aromatic N) is 1. The number of rotatable bonds is 8. The standard InChI is InChI=1S/C18H17Cl2N3O5/c1-2-27-14-6-4-3-5-12(14)18(26)22-9-16(25)28-10-15(24)23-17-13(20)7-11(19)8-21-17/h3-8H,2,9-10H2,1H3,(H,22,26)(H,21,23,24). The second-order valence-corrected chi connectivity index (χ2v) is 6.15. The molecule has 0 saturated carbocycles. The van der Waals surface area contributed by atoms with Crippen LogP contribution in [0.3, 0.4) is 0 Å². The number of carbonyl (C=O) groups excluding carboxylic acids is 3. The van der Waals surface area contributed by atoms with E-state index in [1.165, 1.54) is 12.3 Å². The summed E-state index contributed by atoms with van der Waals surface area (Å²) in [6, 6.07) is 8.04. The van der Waals surface area contributed by atoms with Gasteiger partial charge < -0.3 is 20.1 Å². The van der Waals surface area contributed by atoms with Crippen LogP contribution in [0.5, 0.6) is 5.75 Å². The zero-order valence-electron chi connectivity index (χ0n) is 14.8. The third-order valence-electron chi connectivity index (χ3n) is 3.25. The molecule has 0 aliphatic heterocycles. The Hall–Kier alpha value is -2.84. The molecule has 0 fully saturated rings. The minimum atomic E-state index is -0.785. The average molecular weight is 426 g/mol. The smallest absolute Gasteiger partial charge is 0.325 e. The molecule has 1 aromatic heterocycles. The lowest BCUT2D eigenvalue weighted by atomic mass is 10.2. The van der Waals surface area contributed by atoms with Crippen molar-refractivity contribution in [3.8, 4) is 5.75 Å². The van der Waals surface area contributed by atoms with Crippen LogP contribution in [-0.2, 0) is 14.3 Å². The van der Waals surface area contributed by atoms with Crippen molar-refractivity contribution < 1.29 is 23.9 Å². The number of esters is 1. The number of hydrogen-bond donors (Lipinski definition) is 2. The second-order valence-electron chi connectivity index (χ2n) is 5.30. The molecule has 2 rings (SSSR count). The zero-order valence-corrected chi connectivity index (χ0v) is 16.3. The predicted molar refractivity (Wildman–Crippen MR) is 104 cm³/mol. The van der Waals surface area contributed by atoms with E-state index in [0.29, 0.717) is 22.9 Å². The Kier molecular flexibility index (Phi) is 8.03. The van der Waals surface area contributed by atoms with E-state index < -0.39 is 30.9 Å². The van der Waals surface area contributed by atoms with Crippen LogP contribution >= 0.6 is 23.2 Å². The van der Waals surface area contributed by atoms with Crippen molar-refractivity contribution in [2.24, 2.45) is 0 Å². The van der Waals surface area contributed by atoms with Crippen molar-refractivity contribution in [3.05, 3.63) is 52.1 Å². The van der Waals surface area contributed by atoms with Crippen LogP contribution in [0.1, 0.15) is 17.3 Å². The topological polar surface area (TPSA) is 107 Å². The third kappa shape index (κ3) is 6.40. The summed E-state index contributed by atoms with van der Waals surface area (Å²) in [6.07, 6.45) is 1.31. The molecule has 0 spiro atoms. The molecule has 2 amide bonds. The van der Waals surface area contributed by atoms with Crippen molar-refractivity contribution in [2.75, 3.05) is 25.1 Å². The molecule has 1 heterocycles. The Morgan fingerprint density at radius 1 is 1.18 bits per heavy atom. The lowest BCUT2D eigenvalue weighted by Gasteiger charge is -2.10. The molecule has 0 radical (unpaired) electrons. The van der Waals surface area contributed by atoms with Gasteiger partial charge in [0.05, 0.1) is 22.2 Å². The number of ether oxygens (including phenoxy) is 2. The van der Waals surface area contributed by atoms with Crippen LogP contribution in [0, 0.1) is 0 Å². The molecule has 2 aromatic rings. The fraction of sp³-hybridized carbons (Fsp3) is 0.222. The number of pyridine rings is 1. The van der Waals surface area contributed by atoms with E-state index in [1.54, 1.807) is 31.2 Å².